The SMILES string of the molecule is CCCCOc1ccc(N=Nc2ccncc2)cc1. The number of azo groups is 1. The fourth-order valence-corrected chi connectivity index (χ4v) is 1.47. The van der Waals surface area contributed by atoms with Gasteiger partial charge in [-0.25, -0.2) is 0 Å². The van der Waals surface area contributed by atoms with Gasteiger partial charge in [-0.2, -0.15) is 10.2 Å². The molecule has 1 aromatic heterocycles. The van der Waals surface area contributed by atoms with E-state index in [0.29, 0.717) is 0 Å². The van der Waals surface area contributed by atoms with Crippen LogP contribution in [0, 0.1) is 0 Å². The van der Waals surface area contributed by atoms with Crippen LogP contribution >= 0.6 is 0 Å². The molecular formula is C15H17N3O. The Bertz CT molecular complexity index is 509. The maximum atomic E-state index is 5.58. The number of benzene rings is 1. The summed E-state index contributed by atoms with van der Waals surface area (Å²) in [5, 5.41) is 8.28. The summed E-state index contributed by atoms with van der Waals surface area (Å²) in [5.74, 6) is 0.872. The average Bonchev–Trinajstić information content (AvgIpc) is 2.48. The molecule has 19 heavy (non-hydrogen) atoms. The summed E-state index contributed by atoms with van der Waals surface area (Å²) in [6.45, 7) is 2.90. The Balaban J connectivity index is 1.93. The van der Waals surface area contributed by atoms with Crippen LogP contribution in [0.2, 0.25) is 0 Å². The smallest absolute Gasteiger partial charge is 0.119 e. The van der Waals surface area contributed by atoms with Crippen LogP contribution in [0.15, 0.2) is 59.0 Å². The fraction of sp³-hybridized carbons (Fsp3) is 0.267. The standard InChI is InChI=1S/C15H17N3O/c1-2-3-12-19-15-6-4-13(5-7-15)17-18-14-8-10-16-11-9-14/h4-11H,2-3,12H2,1H3. The van der Waals surface area contributed by atoms with Gasteiger partial charge < -0.3 is 4.74 Å². The van der Waals surface area contributed by atoms with Gasteiger partial charge in [0.2, 0.25) is 0 Å². The molecule has 0 amide bonds. The zero-order valence-corrected chi connectivity index (χ0v) is 11.0. The van der Waals surface area contributed by atoms with E-state index in [4.69, 9.17) is 4.74 Å². The van der Waals surface area contributed by atoms with Gasteiger partial charge in [-0.15, -0.1) is 0 Å². The van der Waals surface area contributed by atoms with Gasteiger partial charge in [0.05, 0.1) is 18.0 Å². The summed E-state index contributed by atoms with van der Waals surface area (Å²) in [7, 11) is 0. The Morgan fingerprint density at radius 2 is 1.58 bits per heavy atom. The van der Waals surface area contributed by atoms with E-state index in [1.165, 1.54) is 0 Å². The van der Waals surface area contributed by atoms with Gasteiger partial charge in [0.1, 0.15) is 5.75 Å². The first kappa shape index (κ1) is 13.2. The van der Waals surface area contributed by atoms with Crippen LogP contribution in [0.5, 0.6) is 5.75 Å². The van der Waals surface area contributed by atoms with Crippen molar-refractivity contribution in [2.75, 3.05) is 6.61 Å². The van der Waals surface area contributed by atoms with E-state index in [1.807, 2.05) is 36.4 Å². The number of ether oxygens (including phenoxy) is 1. The number of nitrogens with zero attached hydrogens (tertiary/aromatic N) is 3. The van der Waals surface area contributed by atoms with Gasteiger partial charge in [0.15, 0.2) is 0 Å². The van der Waals surface area contributed by atoms with Gasteiger partial charge >= 0.3 is 0 Å². The molecule has 1 heterocycles. The molecule has 0 atom stereocenters. The molecule has 0 aliphatic rings. The average molecular weight is 255 g/mol. The molecular weight excluding hydrogens is 238 g/mol. The number of rotatable bonds is 6. The van der Waals surface area contributed by atoms with Crippen molar-refractivity contribution >= 4 is 11.4 Å². The Kier molecular flexibility index (Phi) is 5.05. The summed E-state index contributed by atoms with van der Waals surface area (Å²) >= 11 is 0. The van der Waals surface area contributed by atoms with E-state index >= 15 is 0 Å². The number of pyridine rings is 1. The zero-order chi connectivity index (χ0) is 13.3. The molecule has 0 saturated carbocycles. The number of unbranched alkanes of at least 4 members (excludes halogenated alkanes) is 1. The first-order valence-electron chi connectivity index (χ1n) is 6.43. The predicted octanol–water partition coefficient (Wildman–Crippen LogP) is 4.68. The van der Waals surface area contributed by atoms with Crippen molar-refractivity contribution in [2.24, 2.45) is 10.2 Å². The van der Waals surface area contributed by atoms with Crippen LogP contribution in [0.25, 0.3) is 0 Å². The Hall–Kier alpha value is -2.23. The third kappa shape index (κ3) is 4.50. The number of hydrogen-bond acceptors (Lipinski definition) is 4. The second-order valence-electron chi connectivity index (χ2n) is 4.10. The molecule has 0 fully saturated rings. The molecule has 1 aromatic carbocycles. The molecule has 0 bridgehead atoms. The molecule has 2 aromatic rings. The van der Waals surface area contributed by atoms with Crippen molar-refractivity contribution in [1.29, 1.82) is 0 Å². The topological polar surface area (TPSA) is 46.8 Å². The maximum Gasteiger partial charge on any atom is 0.119 e. The normalized spacial score (nSPS) is 10.8. The van der Waals surface area contributed by atoms with Gasteiger partial charge in [-0.05, 0) is 42.8 Å². The lowest BCUT2D eigenvalue weighted by molar-refractivity contribution is 0.309. The molecule has 98 valence electrons. The lowest BCUT2D eigenvalue weighted by Gasteiger charge is -2.04. The lowest BCUT2D eigenvalue weighted by Crippen LogP contribution is -1.95. The lowest BCUT2D eigenvalue weighted by atomic mass is 10.3. The van der Waals surface area contributed by atoms with E-state index in [9.17, 15) is 0 Å². The monoisotopic (exact) mass is 255 g/mol. The summed E-state index contributed by atoms with van der Waals surface area (Å²) in [6, 6.07) is 11.2. The van der Waals surface area contributed by atoms with Crippen molar-refractivity contribution in [3.63, 3.8) is 0 Å². The Labute approximate surface area is 113 Å². The molecule has 4 nitrogen and oxygen atoms in total. The van der Waals surface area contributed by atoms with Crippen LogP contribution in [-0.2, 0) is 0 Å². The summed E-state index contributed by atoms with van der Waals surface area (Å²) in [5.41, 5.74) is 1.60. The van der Waals surface area contributed by atoms with Crippen molar-refractivity contribution in [3.05, 3.63) is 48.8 Å². The third-order valence-corrected chi connectivity index (χ3v) is 2.55. The van der Waals surface area contributed by atoms with E-state index in [0.717, 1.165) is 36.6 Å². The van der Waals surface area contributed by atoms with Crippen LogP contribution < -0.4 is 4.74 Å². The summed E-state index contributed by atoms with van der Waals surface area (Å²) in [4.78, 5) is 3.93. The van der Waals surface area contributed by atoms with Crippen molar-refractivity contribution in [1.82, 2.24) is 4.98 Å². The second-order valence-corrected chi connectivity index (χ2v) is 4.10. The molecule has 2 rings (SSSR count). The van der Waals surface area contributed by atoms with Crippen LogP contribution in [0.1, 0.15) is 19.8 Å². The maximum absolute atomic E-state index is 5.58. The Morgan fingerprint density at radius 1 is 0.947 bits per heavy atom. The molecule has 0 spiro atoms. The van der Waals surface area contributed by atoms with E-state index in [2.05, 4.69) is 22.1 Å². The highest BCUT2D eigenvalue weighted by Gasteiger charge is 1.94. The molecule has 0 aliphatic carbocycles. The first-order chi connectivity index (χ1) is 9.38. The van der Waals surface area contributed by atoms with Gasteiger partial charge in [-0.1, -0.05) is 13.3 Å². The summed E-state index contributed by atoms with van der Waals surface area (Å²) in [6.07, 6.45) is 5.60. The van der Waals surface area contributed by atoms with Gasteiger partial charge in [-0.3, -0.25) is 4.98 Å². The van der Waals surface area contributed by atoms with Gasteiger partial charge in [0.25, 0.3) is 0 Å². The highest BCUT2D eigenvalue weighted by Crippen LogP contribution is 2.20. The number of aromatic nitrogens is 1. The molecule has 0 radical (unpaired) electrons. The second kappa shape index (κ2) is 7.26. The molecule has 0 saturated heterocycles. The van der Waals surface area contributed by atoms with E-state index < -0.39 is 0 Å². The predicted molar refractivity (Wildman–Crippen MR) is 75.3 cm³/mol. The third-order valence-electron chi connectivity index (χ3n) is 2.55. The van der Waals surface area contributed by atoms with Crippen LogP contribution in [0.4, 0.5) is 11.4 Å². The van der Waals surface area contributed by atoms with E-state index in [1.54, 1.807) is 12.4 Å². The molecule has 4 heteroatoms. The minimum absolute atomic E-state index is 0.758. The quantitative estimate of drug-likeness (QED) is 0.556. The molecule has 0 unspecified atom stereocenters. The minimum atomic E-state index is 0.758. The van der Waals surface area contributed by atoms with Crippen LogP contribution in [0.3, 0.4) is 0 Å². The highest BCUT2D eigenvalue weighted by molar-refractivity contribution is 5.42. The largest absolute Gasteiger partial charge is 0.494 e. The molecule has 0 aliphatic heterocycles. The van der Waals surface area contributed by atoms with E-state index in [-0.39, 0.29) is 0 Å². The minimum Gasteiger partial charge on any atom is -0.494 e. The highest BCUT2D eigenvalue weighted by atomic mass is 16.5. The van der Waals surface area contributed by atoms with Crippen LogP contribution in [-0.4, -0.2) is 11.6 Å². The van der Waals surface area contributed by atoms with Crippen molar-refractivity contribution in [3.8, 4) is 5.75 Å². The van der Waals surface area contributed by atoms with Gasteiger partial charge in [0, 0.05) is 12.4 Å². The van der Waals surface area contributed by atoms with Crippen molar-refractivity contribution in [2.45, 2.75) is 19.8 Å². The summed E-state index contributed by atoms with van der Waals surface area (Å²) < 4.78 is 5.58. The zero-order valence-electron chi connectivity index (χ0n) is 11.0. The first-order valence-corrected chi connectivity index (χ1v) is 6.43. The van der Waals surface area contributed by atoms with Crippen molar-refractivity contribution < 1.29 is 4.74 Å². The molecule has 0 N–H and O–H groups in total. The Morgan fingerprint density at radius 3 is 2.21 bits per heavy atom. The fourth-order valence-electron chi connectivity index (χ4n) is 1.47. The number of hydrogen-bond donors (Lipinski definition) is 0.